The fraction of sp³-hybridized carbons (Fsp3) is 0.375. The Kier molecular flexibility index (Phi) is 5.97. The molecule has 0 unspecified atom stereocenters. The maximum atomic E-state index is 13.6. The topological polar surface area (TPSA) is 128 Å². The van der Waals surface area contributed by atoms with E-state index in [1.54, 1.807) is 6.20 Å². The van der Waals surface area contributed by atoms with Crippen LogP contribution in [0.2, 0.25) is 0 Å². The van der Waals surface area contributed by atoms with Crippen LogP contribution >= 0.6 is 22.7 Å². The normalized spacial score (nSPS) is 14.7. The van der Waals surface area contributed by atoms with Gasteiger partial charge in [0, 0.05) is 16.0 Å². The number of thiazole rings is 2. The average Bonchev–Trinajstić information content (AvgIpc) is 3.35. The predicted molar refractivity (Wildman–Crippen MR) is 138 cm³/mol. The highest BCUT2D eigenvalue weighted by molar-refractivity contribution is 7.91. The van der Waals surface area contributed by atoms with Crippen LogP contribution in [0, 0.1) is 37.5 Å². The molecule has 9 nitrogen and oxygen atoms in total. The molecule has 186 valence electrons. The summed E-state index contributed by atoms with van der Waals surface area (Å²) in [6.45, 7) is 5.85. The molecule has 0 atom stereocenters. The van der Waals surface area contributed by atoms with Crippen LogP contribution < -0.4 is 11.2 Å². The van der Waals surface area contributed by atoms with Gasteiger partial charge in [-0.15, -0.1) is 22.7 Å². The molecule has 1 fully saturated rings. The van der Waals surface area contributed by atoms with Gasteiger partial charge in [-0.05, 0) is 51.8 Å². The Morgan fingerprint density at radius 2 is 1.83 bits per heavy atom. The summed E-state index contributed by atoms with van der Waals surface area (Å²) < 4.78 is 28.9. The summed E-state index contributed by atoms with van der Waals surface area (Å²) in [6, 6.07) is 6.39. The zero-order chi connectivity index (χ0) is 25.8. The van der Waals surface area contributed by atoms with Gasteiger partial charge >= 0.3 is 5.69 Å². The van der Waals surface area contributed by atoms with Crippen LogP contribution in [-0.4, -0.2) is 33.3 Å². The fourth-order valence-electron chi connectivity index (χ4n) is 4.27. The number of aromatic nitrogens is 4. The van der Waals surface area contributed by atoms with E-state index in [4.69, 9.17) is 0 Å². The van der Waals surface area contributed by atoms with Gasteiger partial charge in [0.15, 0.2) is 9.84 Å². The van der Waals surface area contributed by atoms with E-state index in [1.165, 1.54) is 45.4 Å². The fourth-order valence-corrected chi connectivity index (χ4v) is 7.80. The van der Waals surface area contributed by atoms with Gasteiger partial charge in [-0.25, -0.2) is 23.2 Å². The number of aryl methyl sites for hydroxylation is 3. The molecule has 3 aromatic heterocycles. The number of hydrogen-bond acceptors (Lipinski definition) is 9. The Morgan fingerprint density at radius 1 is 1.08 bits per heavy atom. The molecule has 4 aromatic rings. The van der Waals surface area contributed by atoms with E-state index in [0.29, 0.717) is 18.4 Å². The zero-order valence-electron chi connectivity index (χ0n) is 19.9. The van der Waals surface area contributed by atoms with Crippen molar-refractivity contribution in [3.05, 3.63) is 70.7 Å². The van der Waals surface area contributed by atoms with Crippen LogP contribution in [0.5, 0.6) is 0 Å². The molecule has 0 spiro atoms. The van der Waals surface area contributed by atoms with E-state index in [9.17, 15) is 23.3 Å². The Labute approximate surface area is 215 Å². The van der Waals surface area contributed by atoms with E-state index in [2.05, 4.69) is 16.0 Å². The summed E-state index contributed by atoms with van der Waals surface area (Å²) in [7, 11) is -3.80. The lowest BCUT2D eigenvalue weighted by atomic mass is 10.2. The third-order valence-electron chi connectivity index (χ3n) is 6.40. The molecule has 1 aromatic carbocycles. The molecule has 0 N–H and O–H groups in total. The van der Waals surface area contributed by atoms with Gasteiger partial charge < -0.3 is 0 Å². The van der Waals surface area contributed by atoms with E-state index in [1.807, 2.05) is 20.8 Å². The van der Waals surface area contributed by atoms with Gasteiger partial charge in [0.2, 0.25) is 0 Å². The van der Waals surface area contributed by atoms with Crippen LogP contribution in [0.25, 0.3) is 10.9 Å². The van der Waals surface area contributed by atoms with Gasteiger partial charge in [-0.1, -0.05) is 0 Å². The third kappa shape index (κ3) is 4.42. The van der Waals surface area contributed by atoms with Crippen molar-refractivity contribution in [3.63, 3.8) is 0 Å². The largest absolute Gasteiger partial charge is 0.332 e. The first-order chi connectivity index (χ1) is 17.0. The minimum absolute atomic E-state index is 0.0242. The number of rotatable bonds is 7. The molecule has 12 heteroatoms. The van der Waals surface area contributed by atoms with Crippen molar-refractivity contribution in [1.82, 2.24) is 19.1 Å². The molecule has 0 saturated heterocycles. The lowest BCUT2D eigenvalue weighted by Gasteiger charge is -2.15. The van der Waals surface area contributed by atoms with Gasteiger partial charge in [0.25, 0.3) is 5.56 Å². The van der Waals surface area contributed by atoms with Crippen molar-refractivity contribution >= 4 is 43.4 Å². The molecule has 1 aliphatic carbocycles. The van der Waals surface area contributed by atoms with Crippen molar-refractivity contribution in [3.8, 4) is 6.07 Å². The van der Waals surface area contributed by atoms with Gasteiger partial charge in [-0.2, -0.15) is 5.26 Å². The number of fused-ring (bicyclic) bond motifs is 1. The standard InChI is InChI=1S/C24H23N5O4S3/c1-14-21(35-16(3)27-14)11-28-20-5-4-18(36(32,33)13-24(12-25)6-7-24)8-19(20)22(30)29(23(28)31)10-17-9-26-15(2)34-17/h4-5,8-9H,6-7,10-11,13H2,1-3H3. The second-order valence-electron chi connectivity index (χ2n) is 9.18. The van der Waals surface area contributed by atoms with E-state index in [0.717, 1.165) is 30.0 Å². The van der Waals surface area contributed by atoms with Gasteiger partial charge in [-0.3, -0.25) is 13.9 Å². The molecular formula is C24H23N5O4S3. The maximum absolute atomic E-state index is 13.6. The van der Waals surface area contributed by atoms with E-state index in [-0.39, 0.29) is 29.1 Å². The van der Waals surface area contributed by atoms with Crippen LogP contribution in [-0.2, 0) is 22.9 Å². The second-order valence-corrected chi connectivity index (χ2v) is 13.8. The van der Waals surface area contributed by atoms with Crippen LogP contribution in [0.15, 0.2) is 38.9 Å². The molecule has 1 aliphatic rings. The third-order valence-corrected chi connectivity index (χ3v) is 10.3. The number of benzene rings is 1. The number of sulfone groups is 1. The minimum Gasteiger partial charge on any atom is -0.288 e. The second kappa shape index (κ2) is 8.76. The minimum atomic E-state index is -3.80. The molecule has 3 heterocycles. The predicted octanol–water partition coefficient (Wildman–Crippen LogP) is 3.18. The SMILES string of the molecule is Cc1ncc(Cn2c(=O)c3cc(S(=O)(=O)CC4(C#N)CC4)ccc3n(Cc3sc(C)nc3C)c2=O)s1. The first-order valence-corrected chi connectivity index (χ1v) is 14.6. The lowest BCUT2D eigenvalue weighted by molar-refractivity contribution is 0.583. The Hall–Kier alpha value is -3.14. The molecule has 0 aliphatic heterocycles. The Balaban J connectivity index is 1.70. The van der Waals surface area contributed by atoms with Crippen LogP contribution in [0.3, 0.4) is 0 Å². The number of nitriles is 1. The highest BCUT2D eigenvalue weighted by Gasteiger charge is 2.47. The van der Waals surface area contributed by atoms with Crippen molar-refractivity contribution in [2.24, 2.45) is 5.41 Å². The van der Waals surface area contributed by atoms with Crippen molar-refractivity contribution < 1.29 is 8.42 Å². The number of nitrogens with zero attached hydrogens (tertiary/aromatic N) is 5. The summed E-state index contributed by atoms with van der Waals surface area (Å²) in [5.41, 5.74) is -0.737. The average molecular weight is 542 g/mol. The van der Waals surface area contributed by atoms with Crippen molar-refractivity contribution in [2.45, 2.75) is 51.6 Å². The van der Waals surface area contributed by atoms with Crippen LogP contribution in [0.4, 0.5) is 0 Å². The first kappa shape index (κ1) is 24.5. The maximum Gasteiger partial charge on any atom is 0.332 e. The summed E-state index contributed by atoms with van der Waals surface area (Å²) in [4.78, 5) is 37.4. The van der Waals surface area contributed by atoms with Crippen LogP contribution in [0.1, 0.15) is 38.3 Å². The number of hydrogen-bond donors (Lipinski definition) is 0. The molecular weight excluding hydrogens is 518 g/mol. The molecule has 36 heavy (non-hydrogen) atoms. The Bertz CT molecular complexity index is 1780. The van der Waals surface area contributed by atoms with E-state index >= 15 is 0 Å². The highest BCUT2D eigenvalue weighted by Crippen LogP contribution is 2.46. The van der Waals surface area contributed by atoms with Gasteiger partial charge in [0.05, 0.1) is 61.8 Å². The van der Waals surface area contributed by atoms with Crippen molar-refractivity contribution in [2.75, 3.05) is 5.75 Å². The van der Waals surface area contributed by atoms with Crippen molar-refractivity contribution in [1.29, 1.82) is 5.26 Å². The summed E-state index contributed by atoms with van der Waals surface area (Å²) in [5, 5.41) is 11.2. The smallest absolute Gasteiger partial charge is 0.288 e. The zero-order valence-corrected chi connectivity index (χ0v) is 22.4. The van der Waals surface area contributed by atoms with Gasteiger partial charge in [0.1, 0.15) is 0 Å². The highest BCUT2D eigenvalue weighted by atomic mass is 32.2. The molecule has 1 saturated carbocycles. The molecule has 5 rings (SSSR count). The Morgan fingerprint density at radius 3 is 2.42 bits per heavy atom. The first-order valence-electron chi connectivity index (χ1n) is 11.3. The molecule has 0 amide bonds. The molecule has 0 radical (unpaired) electrons. The monoisotopic (exact) mass is 541 g/mol. The lowest BCUT2D eigenvalue weighted by Crippen LogP contribution is -2.40. The van der Waals surface area contributed by atoms with E-state index < -0.39 is 26.5 Å². The quantitative estimate of drug-likeness (QED) is 0.351. The molecule has 0 bridgehead atoms. The summed E-state index contributed by atoms with van der Waals surface area (Å²) >= 11 is 2.87. The summed E-state index contributed by atoms with van der Waals surface area (Å²) in [5.74, 6) is -0.282. The summed E-state index contributed by atoms with van der Waals surface area (Å²) in [6.07, 6.45) is 2.73.